The van der Waals surface area contributed by atoms with Crippen molar-refractivity contribution in [2.24, 2.45) is 16.6 Å². The van der Waals surface area contributed by atoms with Crippen molar-refractivity contribution in [1.82, 2.24) is 4.90 Å². The van der Waals surface area contributed by atoms with Gasteiger partial charge >= 0.3 is 0 Å². The van der Waals surface area contributed by atoms with Gasteiger partial charge in [-0.25, -0.2) is 0 Å². The fourth-order valence-electron chi connectivity index (χ4n) is 2.74. The second-order valence-electron chi connectivity index (χ2n) is 5.85. The Labute approximate surface area is 146 Å². The number of guanidine groups is 1. The van der Waals surface area contributed by atoms with Gasteiger partial charge in [-0.15, -0.1) is 24.0 Å². The summed E-state index contributed by atoms with van der Waals surface area (Å²) in [6.07, 6.45) is 4.61. The summed E-state index contributed by atoms with van der Waals surface area (Å²) in [5.41, 5.74) is 8.82. The van der Waals surface area contributed by atoms with E-state index in [-0.39, 0.29) is 24.0 Å². The summed E-state index contributed by atoms with van der Waals surface area (Å²) < 4.78 is 0. The molecule has 3 nitrogen and oxygen atoms in total. The summed E-state index contributed by atoms with van der Waals surface area (Å²) in [5.74, 6) is 1.46. The first kappa shape index (κ1) is 18.3. The maximum absolute atomic E-state index is 6.10. The smallest absolute Gasteiger partial charge is 0.191 e. The Balaban J connectivity index is 0.00000220. The second-order valence-corrected chi connectivity index (χ2v) is 5.85. The van der Waals surface area contributed by atoms with Gasteiger partial charge in [-0.2, -0.15) is 0 Å². The van der Waals surface area contributed by atoms with E-state index in [0.29, 0.717) is 0 Å². The van der Waals surface area contributed by atoms with Gasteiger partial charge in [-0.3, -0.25) is 4.99 Å². The molecule has 1 saturated heterocycles. The van der Waals surface area contributed by atoms with Crippen molar-refractivity contribution in [1.29, 1.82) is 0 Å². The van der Waals surface area contributed by atoms with E-state index in [9.17, 15) is 0 Å². The standard InChI is InChI=1S/C17H27N3.HI/c1-3-15-6-8-16(9-7-15)10-11-19-17(18)20-12-4-5-14(2)13-20;/h6-9,14H,3-5,10-13H2,1-2H3,(H2,18,19);1H. The number of likely N-dealkylation sites (tertiary alicyclic amines) is 1. The second kappa shape index (κ2) is 9.28. The summed E-state index contributed by atoms with van der Waals surface area (Å²) in [6, 6.07) is 8.81. The maximum Gasteiger partial charge on any atom is 0.191 e. The quantitative estimate of drug-likeness (QED) is 0.477. The van der Waals surface area contributed by atoms with Gasteiger partial charge in [0.2, 0.25) is 0 Å². The molecule has 0 bridgehead atoms. The van der Waals surface area contributed by atoms with Gasteiger partial charge in [0.05, 0.1) is 0 Å². The highest BCUT2D eigenvalue weighted by molar-refractivity contribution is 14.0. The largest absolute Gasteiger partial charge is 0.370 e. The SMILES string of the molecule is CCc1ccc(CCN=C(N)N2CCCC(C)C2)cc1.I. The number of hydrogen-bond donors (Lipinski definition) is 1. The van der Waals surface area contributed by atoms with Crippen molar-refractivity contribution in [3.8, 4) is 0 Å². The fraction of sp³-hybridized carbons (Fsp3) is 0.588. The number of aliphatic imine (C=N–C) groups is 1. The Morgan fingerprint density at radius 3 is 2.57 bits per heavy atom. The zero-order chi connectivity index (χ0) is 14.4. The van der Waals surface area contributed by atoms with Crippen LogP contribution in [0, 0.1) is 5.92 Å². The van der Waals surface area contributed by atoms with Crippen LogP contribution in [0.25, 0.3) is 0 Å². The van der Waals surface area contributed by atoms with Crippen molar-refractivity contribution in [2.75, 3.05) is 19.6 Å². The highest BCUT2D eigenvalue weighted by atomic mass is 127. The number of benzene rings is 1. The molecule has 2 N–H and O–H groups in total. The summed E-state index contributed by atoms with van der Waals surface area (Å²) >= 11 is 0. The van der Waals surface area contributed by atoms with Crippen LogP contribution in [0.15, 0.2) is 29.3 Å². The normalized spacial score (nSPS) is 19.2. The Morgan fingerprint density at radius 2 is 1.95 bits per heavy atom. The Kier molecular flexibility index (Phi) is 8.07. The molecule has 4 heteroatoms. The third kappa shape index (κ3) is 5.85. The third-order valence-corrected chi connectivity index (χ3v) is 4.09. The minimum atomic E-state index is 0. The van der Waals surface area contributed by atoms with Gasteiger partial charge in [0.1, 0.15) is 0 Å². The first-order chi connectivity index (χ1) is 9.69. The number of aryl methyl sites for hydroxylation is 1. The lowest BCUT2D eigenvalue weighted by atomic mass is 10.0. The molecule has 1 fully saturated rings. The minimum Gasteiger partial charge on any atom is -0.370 e. The van der Waals surface area contributed by atoms with E-state index >= 15 is 0 Å². The molecular weight excluding hydrogens is 373 g/mol. The molecule has 1 aliphatic heterocycles. The molecular formula is C17H28IN3. The summed E-state index contributed by atoms with van der Waals surface area (Å²) in [4.78, 5) is 6.77. The van der Waals surface area contributed by atoms with Crippen LogP contribution in [-0.4, -0.2) is 30.5 Å². The molecule has 21 heavy (non-hydrogen) atoms. The van der Waals surface area contributed by atoms with Gasteiger partial charge in [-0.1, -0.05) is 38.1 Å². The number of hydrogen-bond acceptors (Lipinski definition) is 1. The summed E-state index contributed by atoms with van der Waals surface area (Å²) in [5, 5.41) is 0. The molecule has 118 valence electrons. The first-order valence-corrected chi connectivity index (χ1v) is 7.81. The van der Waals surface area contributed by atoms with Crippen LogP contribution >= 0.6 is 24.0 Å². The molecule has 1 aromatic rings. The van der Waals surface area contributed by atoms with Crippen LogP contribution in [0.3, 0.4) is 0 Å². The van der Waals surface area contributed by atoms with E-state index in [1.54, 1.807) is 0 Å². The molecule has 1 atom stereocenters. The number of nitrogens with two attached hydrogens (primary N) is 1. The monoisotopic (exact) mass is 401 g/mol. The Hall–Kier alpha value is -0.780. The highest BCUT2D eigenvalue weighted by Gasteiger charge is 2.17. The van der Waals surface area contributed by atoms with Crippen LogP contribution in [0.5, 0.6) is 0 Å². The molecule has 1 heterocycles. The van der Waals surface area contributed by atoms with E-state index in [1.807, 2.05) is 0 Å². The van der Waals surface area contributed by atoms with Gasteiger partial charge in [0, 0.05) is 19.6 Å². The predicted molar refractivity (Wildman–Crippen MR) is 101 cm³/mol. The third-order valence-electron chi connectivity index (χ3n) is 4.09. The summed E-state index contributed by atoms with van der Waals surface area (Å²) in [7, 11) is 0. The van der Waals surface area contributed by atoms with E-state index in [2.05, 4.69) is 48.0 Å². The first-order valence-electron chi connectivity index (χ1n) is 7.81. The van der Waals surface area contributed by atoms with Gasteiger partial charge in [-0.05, 0) is 42.7 Å². The topological polar surface area (TPSA) is 41.6 Å². The predicted octanol–water partition coefficient (Wildman–Crippen LogP) is 3.46. The van der Waals surface area contributed by atoms with Crippen molar-refractivity contribution in [2.45, 2.75) is 39.5 Å². The van der Waals surface area contributed by atoms with Crippen LogP contribution in [0.2, 0.25) is 0 Å². The molecule has 0 aromatic heterocycles. The molecule has 1 unspecified atom stereocenters. The lowest BCUT2D eigenvalue weighted by molar-refractivity contribution is 0.270. The molecule has 1 aromatic carbocycles. The van der Waals surface area contributed by atoms with E-state index < -0.39 is 0 Å². The van der Waals surface area contributed by atoms with E-state index in [0.717, 1.165) is 44.4 Å². The molecule has 0 amide bonds. The summed E-state index contributed by atoms with van der Waals surface area (Å²) in [6.45, 7) is 7.36. The van der Waals surface area contributed by atoms with Gasteiger partial charge in [0.15, 0.2) is 5.96 Å². The average molecular weight is 401 g/mol. The van der Waals surface area contributed by atoms with Gasteiger partial charge in [0.25, 0.3) is 0 Å². The number of halogens is 1. The van der Waals surface area contributed by atoms with E-state index in [1.165, 1.54) is 24.0 Å². The lowest BCUT2D eigenvalue weighted by Gasteiger charge is -2.31. The van der Waals surface area contributed by atoms with Crippen molar-refractivity contribution >= 4 is 29.9 Å². The maximum atomic E-state index is 6.10. The zero-order valence-corrected chi connectivity index (χ0v) is 15.5. The lowest BCUT2D eigenvalue weighted by Crippen LogP contribution is -2.43. The van der Waals surface area contributed by atoms with Crippen molar-refractivity contribution in [3.05, 3.63) is 35.4 Å². The number of piperidine rings is 1. The van der Waals surface area contributed by atoms with Crippen LogP contribution in [0.4, 0.5) is 0 Å². The van der Waals surface area contributed by atoms with Crippen molar-refractivity contribution in [3.63, 3.8) is 0 Å². The fourth-order valence-corrected chi connectivity index (χ4v) is 2.74. The van der Waals surface area contributed by atoms with Crippen LogP contribution < -0.4 is 5.73 Å². The zero-order valence-electron chi connectivity index (χ0n) is 13.2. The van der Waals surface area contributed by atoms with Crippen LogP contribution in [-0.2, 0) is 12.8 Å². The van der Waals surface area contributed by atoms with Gasteiger partial charge < -0.3 is 10.6 Å². The molecule has 0 aliphatic carbocycles. The van der Waals surface area contributed by atoms with E-state index in [4.69, 9.17) is 5.73 Å². The highest BCUT2D eigenvalue weighted by Crippen LogP contribution is 2.15. The average Bonchev–Trinajstić information content (AvgIpc) is 2.48. The molecule has 1 aliphatic rings. The Morgan fingerprint density at radius 1 is 1.29 bits per heavy atom. The minimum absolute atomic E-state index is 0. The molecule has 0 radical (unpaired) electrons. The molecule has 2 rings (SSSR count). The van der Waals surface area contributed by atoms with Crippen LogP contribution in [0.1, 0.15) is 37.8 Å². The number of nitrogens with zero attached hydrogens (tertiary/aromatic N) is 2. The Bertz CT molecular complexity index is 442. The number of rotatable bonds is 4. The van der Waals surface area contributed by atoms with Crippen molar-refractivity contribution < 1.29 is 0 Å². The molecule has 0 saturated carbocycles. The molecule has 0 spiro atoms.